The standard InChI is InChI=1S/C24H20ClN3O3S/c1-13-4-9-19-20(12-13)32-22(21(19)25)24(30)28-27-14(2)16-5-7-17(8-6-16)26-23(29)18-10-11-31-15(18)3/h4-12H,1-3H3,(H,26,29)(H,28,30)/b27-14-. The molecular weight excluding hydrogens is 446 g/mol. The molecule has 8 heteroatoms. The molecular formula is C24H20ClN3O3S. The minimum absolute atomic E-state index is 0.239. The largest absolute Gasteiger partial charge is 0.469 e. The molecule has 6 nitrogen and oxygen atoms in total. The van der Waals surface area contributed by atoms with Gasteiger partial charge in [-0.2, -0.15) is 5.10 Å². The zero-order valence-corrected chi connectivity index (χ0v) is 19.2. The maximum absolute atomic E-state index is 12.6. The van der Waals surface area contributed by atoms with Crippen LogP contribution in [0.5, 0.6) is 0 Å². The zero-order chi connectivity index (χ0) is 22.8. The van der Waals surface area contributed by atoms with Gasteiger partial charge in [-0.1, -0.05) is 35.9 Å². The molecule has 162 valence electrons. The van der Waals surface area contributed by atoms with Gasteiger partial charge >= 0.3 is 0 Å². The summed E-state index contributed by atoms with van der Waals surface area (Å²) in [6, 6.07) is 14.7. The fraction of sp³-hybridized carbons (Fsp3) is 0.125. The van der Waals surface area contributed by atoms with Gasteiger partial charge in [-0.05, 0) is 56.2 Å². The van der Waals surface area contributed by atoms with Crippen LogP contribution >= 0.6 is 22.9 Å². The van der Waals surface area contributed by atoms with Crippen molar-refractivity contribution in [1.82, 2.24) is 5.43 Å². The van der Waals surface area contributed by atoms with Crippen LogP contribution in [-0.4, -0.2) is 17.5 Å². The number of hydrazone groups is 1. The number of thiophene rings is 1. The number of amides is 2. The topological polar surface area (TPSA) is 83.7 Å². The van der Waals surface area contributed by atoms with Crippen LogP contribution < -0.4 is 10.7 Å². The van der Waals surface area contributed by atoms with E-state index in [0.717, 1.165) is 21.2 Å². The maximum Gasteiger partial charge on any atom is 0.283 e. The van der Waals surface area contributed by atoms with E-state index in [4.69, 9.17) is 16.0 Å². The monoisotopic (exact) mass is 465 g/mol. The van der Waals surface area contributed by atoms with E-state index in [0.29, 0.717) is 32.6 Å². The first kappa shape index (κ1) is 21.8. The highest BCUT2D eigenvalue weighted by molar-refractivity contribution is 7.21. The Bertz CT molecular complexity index is 1350. The first-order chi connectivity index (χ1) is 15.3. The Balaban J connectivity index is 1.44. The second kappa shape index (κ2) is 8.98. The first-order valence-electron chi connectivity index (χ1n) is 9.82. The minimum atomic E-state index is -0.354. The summed E-state index contributed by atoms with van der Waals surface area (Å²) < 4.78 is 6.13. The molecule has 0 atom stereocenters. The SMILES string of the molecule is C/C(=N/NC(=O)c1sc2cc(C)ccc2c1Cl)c1ccc(NC(=O)c2ccoc2C)cc1. The van der Waals surface area contributed by atoms with Crippen LogP contribution in [0.25, 0.3) is 10.1 Å². The van der Waals surface area contributed by atoms with Gasteiger partial charge in [-0.15, -0.1) is 11.3 Å². The van der Waals surface area contributed by atoms with Crippen LogP contribution in [0.3, 0.4) is 0 Å². The lowest BCUT2D eigenvalue weighted by Gasteiger charge is -2.06. The van der Waals surface area contributed by atoms with Crippen molar-refractivity contribution in [2.24, 2.45) is 5.10 Å². The zero-order valence-electron chi connectivity index (χ0n) is 17.7. The van der Waals surface area contributed by atoms with E-state index in [2.05, 4.69) is 15.8 Å². The predicted octanol–water partition coefficient (Wildman–Crippen LogP) is 6.17. The molecule has 2 aromatic heterocycles. The third kappa shape index (κ3) is 4.44. The number of rotatable bonds is 5. The van der Waals surface area contributed by atoms with Crippen molar-refractivity contribution in [3.8, 4) is 0 Å². The van der Waals surface area contributed by atoms with E-state index in [-0.39, 0.29) is 11.8 Å². The Morgan fingerprint density at radius 2 is 1.78 bits per heavy atom. The molecule has 32 heavy (non-hydrogen) atoms. The molecule has 0 aliphatic carbocycles. The molecule has 0 aliphatic rings. The van der Waals surface area contributed by atoms with Crippen molar-refractivity contribution in [2.75, 3.05) is 5.32 Å². The summed E-state index contributed by atoms with van der Waals surface area (Å²) in [5.74, 6) is -0.0312. The van der Waals surface area contributed by atoms with Gasteiger partial charge in [0.25, 0.3) is 11.8 Å². The molecule has 2 aromatic carbocycles. The van der Waals surface area contributed by atoms with Crippen LogP contribution in [0.1, 0.15) is 43.8 Å². The number of hydrogen-bond donors (Lipinski definition) is 2. The van der Waals surface area contributed by atoms with Gasteiger partial charge in [0.1, 0.15) is 10.6 Å². The summed E-state index contributed by atoms with van der Waals surface area (Å²) in [5, 5.41) is 8.32. The lowest BCUT2D eigenvalue weighted by Crippen LogP contribution is -2.18. The molecule has 0 fully saturated rings. The first-order valence-corrected chi connectivity index (χ1v) is 11.0. The Labute approximate surface area is 193 Å². The number of carbonyl (C=O) groups is 2. The molecule has 2 amide bonds. The van der Waals surface area contributed by atoms with Gasteiger partial charge in [0.05, 0.1) is 22.6 Å². The third-order valence-electron chi connectivity index (χ3n) is 4.98. The smallest absolute Gasteiger partial charge is 0.283 e. The average molecular weight is 466 g/mol. The molecule has 0 radical (unpaired) electrons. The van der Waals surface area contributed by atoms with Crippen molar-refractivity contribution < 1.29 is 14.0 Å². The molecule has 0 unspecified atom stereocenters. The second-order valence-corrected chi connectivity index (χ2v) is 8.74. The molecule has 0 saturated carbocycles. The summed E-state index contributed by atoms with van der Waals surface area (Å²) in [4.78, 5) is 25.3. The highest BCUT2D eigenvalue weighted by Crippen LogP contribution is 2.35. The van der Waals surface area contributed by atoms with Crippen molar-refractivity contribution >= 4 is 56.2 Å². The molecule has 0 saturated heterocycles. The van der Waals surface area contributed by atoms with Crippen molar-refractivity contribution in [2.45, 2.75) is 20.8 Å². The highest BCUT2D eigenvalue weighted by atomic mass is 35.5. The van der Waals surface area contributed by atoms with Gasteiger partial charge in [0.2, 0.25) is 0 Å². The van der Waals surface area contributed by atoms with Crippen LogP contribution in [0.2, 0.25) is 5.02 Å². The lowest BCUT2D eigenvalue weighted by atomic mass is 10.1. The molecule has 4 aromatic rings. The fourth-order valence-electron chi connectivity index (χ4n) is 3.18. The molecule has 4 rings (SSSR count). The number of carbonyl (C=O) groups excluding carboxylic acids is 2. The van der Waals surface area contributed by atoms with E-state index in [1.54, 1.807) is 32.0 Å². The van der Waals surface area contributed by atoms with Gasteiger partial charge in [0.15, 0.2) is 0 Å². The van der Waals surface area contributed by atoms with E-state index in [9.17, 15) is 9.59 Å². The number of furan rings is 1. The maximum atomic E-state index is 12.6. The van der Waals surface area contributed by atoms with Crippen LogP contribution in [0.15, 0.2) is 64.3 Å². The summed E-state index contributed by atoms with van der Waals surface area (Å²) in [6.07, 6.45) is 1.48. The number of aryl methyl sites for hydroxylation is 2. The summed E-state index contributed by atoms with van der Waals surface area (Å²) in [7, 11) is 0. The van der Waals surface area contributed by atoms with Gasteiger partial charge < -0.3 is 9.73 Å². The van der Waals surface area contributed by atoms with Crippen molar-refractivity contribution in [3.63, 3.8) is 0 Å². The average Bonchev–Trinajstić information content (AvgIpc) is 3.35. The number of nitrogens with zero attached hydrogens (tertiary/aromatic N) is 1. The Kier molecular flexibility index (Phi) is 6.12. The number of hydrogen-bond acceptors (Lipinski definition) is 5. The van der Waals surface area contributed by atoms with Crippen LogP contribution in [0, 0.1) is 13.8 Å². The van der Waals surface area contributed by atoms with Gasteiger partial charge in [0, 0.05) is 15.8 Å². The van der Waals surface area contributed by atoms with E-state index < -0.39 is 0 Å². The molecule has 2 N–H and O–H groups in total. The van der Waals surface area contributed by atoms with Gasteiger partial charge in [-0.25, -0.2) is 5.43 Å². The second-order valence-electron chi connectivity index (χ2n) is 7.30. The summed E-state index contributed by atoms with van der Waals surface area (Å²) >= 11 is 7.74. The Morgan fingerprint density at radius 1 is 1.03 bits per heavy atom. The number of benzene rings is 2. The lowest BCUT2D eigenvalue weighted by molar-refractivity contribution is 0.0958. The molecule has 0 bridgehead atoms. The number of fused-ring (bicyclic) bond motifs is 1. The van der Waals surface area contributed by atoms with Crippen molar-refractivity contribution in [1.29, 1.82) is 0 Å². The van der Waals surface area contributed by atoms with E-state index >= 15 is 0 Å². The normalized spacial score (nSPS) is 11.6. The fourth-order valence-corrected chi connectivity index (χ4v) is 4.69. The van der Waals surface area contributed by atoms with E-state index in [1.165, 1.54) is 17.6 Å². The quantitative estimate of drug-likeness (QED) is 0.273. The minimum Gasteiger partial charge on any atom is -0.469 e. The molecule has 2 heterocycles. The number of nitrogens with one attached hydrogen (secondary N) is 2. The summed E-state index contributed by atoms with van der Waals surface area (Å²) in [5.41, 5.74) is 6.25. The molecule has 0 aliphatic heterocycles. The van der Waals surface area contributed by atoms with Crippen molar-refractivity contribution in [3.05, 3.63) is 87.1 Å². The van der Waals surface area contributed by atoms with Crippen LogP contribution in [0.4, 0.5) is 5.69 Å². The number of anilines is 1. The van der Waals surface area contributed by atoms with Crippen LogP contribution in [-0.2, 0) is 0 Å². The summed E-state index contributed by atoms with van der Waals surface area (Å²) in [6.45, 7) is 5.52. The Morgan fingerprint density at radius 3 is 2.47 bits per heavy atom. The third-order valence-corrected chi connectivity index (χ3v) is 6.64. The highest BCUT2D eigenvalue weighted by Gasteiger charge is 2.17. The molecule has 0 spiro atoms. The van der Waals surface area contributed by atoms with E-state index in [1.807, 2.05) is 37.3 Å². The number of halogens is 1. The predicted molar refractivity (Wildman–Crippen MR) is 129 cm³/mol. The Hall–Kier alpha value is -3.42. The van der Waals surface area contributed by atoms with Gasteiger partial charge in [-0.3, -0.25) is 9.59 Å².